The molecule has 1 aromatic carbocycles. The van der Waals surface area contributed by atoms with Crippen molar-refractivity contribution in [2.75, 3.05) is 62.3 Å². The van der Waals surface area contributed by atoms with Crippen molar-refractivity contribution < 1.29 is 18.3 Å². The number of hydrogen-bond donors (Lipinski definition) is 2. The lowest BCUT2D eigenvalue weighted by molar-refractivity contribution is 0.201. The highest BCUT2D eigenvalue weighted by Crippen LogP contribution is 2.36. The molecule has 1 atom stereocenters. The monoisotopic (exact) mass is 547 g/mol. The molecule has 1 fully saturated rings. The molecule has 36 heavy (non-hydrogen) atoms. The summed E-state index contributed by atoms with van der Waals surface area (Å²) in [5.41, 5.74) is 1.96. The zero-order chi connectivity index (χ0) is 25.1. The van der Waals surface area contributed by atoms with Gasteiger partial charge >= 0.3 is 0 Å². The number of aliphatic hydroxyl groups is 1. The van der Waals surface area contributed by atoms with Crippen molar-refractivity contribution in [3.63, 3.8) is 0 Å². The molecule has 0 aliphatic carbocycles. The summed E-state index contributed by atoms with van der Waals surface area (Å²) in [6.45, 7) is 4.01. The lowest BCUT2D eigenvalue weighted by Gasteiger charge is -2.28. The zero-order valence-corrected chi connectivity index (χ0v) is 22.4. The lowest BCUT2D eigenvalue weighted by atomic mass is 10.2. The first kappa shape index (κ1) is 25.4. The smallest absolute Gasteiger partial charge is 0.281 e. The zero-order valence-electron chi connectivity index (χ0n) is 20.0. The Hall–Kier alpha value is -2.25. The molecule has 5 rings (SSSR count). The van der Waals surface area contributed by atoms with Crippen LogP contribution < -0.4 is 9.04 Å². The number of rotatable bonds is 9. The van der Waals surface area contributed by atoms with Crippen molar-refractivity contribution in [3.05, 3.63) is 48.3 Å². The van der Waals surface area contributed by atoms with Gasteiger partial charge in [0.1, 0.15) is 17.4 Å². The summed E-state index contributed by atoms with van der Waals surface area (Å²) >= 11 is 3.78. The third kappa shape index (κ3) is 5.37. The number of sulfonamides is 1. The summed E-state index contributed by atoms with van der Waals surface area (Å²) in [5.74, 6) is 2.85. The molecule has 0 bridgehead atoms. The summed E-state index contributed by atoms with van der Waals surface area (Å²) in [5, 5.41) is 11.3. The highest BCUT2D eigenvalue weighted by Gasteiger charge is 2.28. The van der Waals surface area contributed by atoms with E-state index in [4.69, 9.17) is 9.73 Å². The van der Waals surface area contributed by atoms with Crippen LogP contribution in [0.5, 0.6) is 5.75 Å². The second kappa shape index (κ2) is 11.0. The third-order valence-electron chi connectivity index (χ3n) is 6.16. The Morgan fingerprint density at radius 3 is 2.83 bits per heavy atom. The van der Waals surface area contributed by atoms with E-state index in [-0.39, 0.29) is 18.2 Å². The Labute approximate surface area is 219 Å². The van der Waals surface area contributed by atoms with Gasteiger partial charge in [-0.3, -0.25) is 9.30 Å². The summed E-state index contributed by atoms with van der Waals surface area (Å²) < 4.78 is 33.5. The number of aliphatic hydroxyl groups excluding tert-OH is 1. The number of benzene rings is 1. The van der Waals surface area contributed by atoms with Crippen LogP contribution in [0.1, 0.15) is 5.69 Å². The first-order valence-corrected chi connectivity index (χ1v) is 15.2. The molecule has 1 saturated heterocycles. The molecule has 2 aliphatic heterocycles. The van der Waals surface area contributed by atoms with Crippen LogP contribution in [-0.2, 0) is 10.0 Å². The van der Waals surface area contributed by atoms with Gasteiger partial charge in [-0.25, -0.2) is 4.98 Å². The predicted molar refractivity (Wildman–Crippen MR) is 147 cm³/mol. The quantitative estimate of drug-likeness (QED) is 0.421. The van der Waals surface area contributed by atoms with Crippen molar-refractivity contribution in [2.45, 2.75) is 10.3 Å². The van der Waals surface area contributed by atoms with Gasteiger partial charge in [0.2, 0.25) is 0 Å². The lowest BCUT2D eigenvalue weighted by Crippen LogP contribution is -2.37. The van der Waals surface area contributed by atoms with E-state index in [0.717, 1.165) is 42.3 Å². The molecule has 9 nitrogen and oxygen atoms in total. The Bertz CT molecular complexity index is 1340. The average Bonchev–Trinajstić information content (AvgIpc) is 3.54. The van der Waals surface area contributed by atoms with Gasteiger partial charge in [-0.05, 0) is 24.3 Å². The highest BCUT2D eigenvalue weighted by molar-refractivity contribution is 8.15. The van der Waals surface area contributed by atoms with Crippen LogP contribution in [0, 0.1) is 0 Å². The largest absolute Gasteiger partial charge is 0.491 e. The van der Waals surface area contributed by atoms with Gasteiger partial charge in [0.15, 0.2) is 5.03 Å². The number of nitrogens with one attached hydrogen (secondary N) is 1. The molecule has 0 amide bonds. The van der Waals surface area contributed by atoms with E-state index in [1.54, 1.807) is 30.0 Å². The second-order valence-corrected chi connectivity index (χ2v) is 13.0. The maximum Gasteiger partial charge on any atom is 0.281 e. The van der Waals surface area contributed by atoms with E-state index >= 15 is 0 Å². The molecule has 2 aliphatic rings. The molecule has 0 radical (unpaired) electrons. The summed E-state index contributed by atoms with van der Waals surface area (Å²) in [4.78, 5) is 14.8. The average molecular weight is 548 g/mol. The van der Waals surface area contributed by atoms with Crippen LogP contribution >= 0.6 is 23.5 Å². The Balaban J connectivity index is 1.45. The number of aromatic amines is 1. The minimum atomic E-state index is -3.90. The number of hydrogen-bond acceptors (Lipinski definition) is 9. The van der Waals surface area contributed by atoms with Crippen LogP contribution in [0.4, 0.5) is 5.69 Å². The van der Waals surface area contributed by atoms with Gasteiger partial charge in [-0.15, -0.1) is 0 Å². The van der Waals surface area contributed by atoms with E-state index < -0.39 is 10.0 Å². The SMILES string of the molecule is CN(c1cc(OCCO)cc2cc(C3=NCC(CN4CCSCC4)S3)[nH]c12)S(=O)(=O)c1ccccn1. The van der Waals surface area contributed by atoms with E-state index in [1.165, 1.54) is 35.1 Å². The number of H-pyrrole nitrogens is 1. The summed E-state index contributed by atoms with van der Waals surface area (Å²) in [7, 11) is -2.40. The molecule has 4 heterocycles. The van der Waals surface area contributed by atoms with Gasteiger partial charge in [0.05, 0.1) is 30.0 Å². The van der Waals surface area contributed by atoms with Gasteiger partial charge < -0.3 is 19.7 Å². The number of aromatic nitrogens is 2. The van der Waals surface area contributed by atoms with Gasteiger partial charge in [-0.1, -0.05) is 17.8 Å². The van der Waals surface area contributed by atoms with E-state index in [0.29, 0.717) is 22.2 Å². The fourth-order valence-corrected chi connectivity index (χ4v) is 7.55. The van der Waals surface area contributed by atoms with Crippen molar-refractivity contribution >= 4 is 55.2 Å². The molecule has 12 heteroatoms. The van der Waals surface area contributed by atoms with Gasteiger partial charge in [-0.2, -0.15) is 20.2 Å². The van der Waals surface area contributed by atoms with Crippen molar-refractivity contribution in [1.29, 1.82) is 0 Å². The Morgan fingerprint density at radius 2 is 2.08 bits per heavy atom. The van der Waals surface area contributed by atoms with Crippen LogP contribution in [-0.4, -0.2) is 96.6 Å². The van der Waals surface area contributed by atoms with Crippen molar-refractivity contribution in [2.24, 2.45) is 4.99 Å². The number of fused-ring (bicyclic) bond motifs is 1. The predicted octanol–water partition coefficient (Wildman–Crippen LogP) is 2.67. The maximum atomic E-state index is 13.3. The number of pyridine rings is 1. The van der Waals surface area contributed by atoms with Crippen LogP contribution in [0.25, 0.3) is 10.9 Å². The number of ether oxygens (including phenoxy) is 1. The van der Waals surface area contributed by atoms with E-state index in [2.05, 4.69) is 14.9 Å². The standard InChI is InChI=1S/C24H29N5O4S3/c1-28(36(31,32)22-4-2-3-5-25-22)21-14-18(33-9-8-30)12-17-13-20(27-23(17)21)24-26-15-19(35-24)16-29-6-10-34-11-7-29/h2-5,12-14,19,27,30H,6-11,15-16H2,1H3. The number of anilines is 1. The summed E-state index contributed by atoms with van der Waals surface area (Å²) in [6, 6.07) is 10.3. The minimum absolute atomic E-state index is 0.0382. The molecule has 3 aromatic rings. The molecule has 192 valence electrons. The molecular weight excluding hydrogens is 518 g/mol. The van der Waals surface area contributed by atoms with Crippen molar-refractivity contribution in [1.82, 2.24) is 14.9 Å². The van der Waals surface area contributed by atoms with Crippen molar-refractivity contribution in [3.8, 4) is 5.75 Å². The molecule has 2 N–H and O–H groups in total. The highest BCUT2D eigenvalue weighted by atomic mass is 32.2. The molecular formula is C24H29N5O4S3. The first-order valence-electron chi connectivity index (χ1n) is 11.8. The Morgan fingerprint density at radius 1 is 1.25 bits per heavy atom. The fourth-order valence-electron chi connectivity index (χ4n) is 4.31. The van der Waals surface area contributed by atoms with E-state index in [9.17, 15) is 13.5 Å². The van der Waals surface area contributed by atoms with Crippen LogP contribution in [0.2, 0.25) is 0 Å². The van der Waals surface area contributed by atoms with Crippen LogP contribution in [0.3, 0.4) is 0 Å². The molecule has 2 aromatic heterocycles. The third-order valence-corrected chi connectivity index (χ3v) is 9.99. The van der Waals surface area contributed by atoms with Crippen LogP contribution in [0.15, 0.2) is 52.6 Å². The first-order chi connectivity index (χ1) is 17.5. The van der Waals surface area contributed by atoms with Gasteiger partial charge in [0.25, 0.3) is 10.0 Å². The topological polar surface area (TPSA) is 111 Å². The second-order valence-electron chi connectivity index (χ2n) is 8.60. The maximum absolute atomic E-state index is 13.3. The summed E-state index contributed by atoms with van der Waals surface area (Å²) in [6.07, 6.45) is 1.46. The van der Waals surface area contributed by atoms with E-state index in [1.807, 2.05) is 23.9 Å². The Kier molecular flexibility index (Phi) is 7.77. The molecule has 0 spiro atoms. The number of nitrogens with zero attached hydrogens (tertiary/aromatic N) is 4. The molecule has 0 saturated carbocycles. The molecule has 1 unspecified atom stereocenters. The van der Waals surface area contributed by atoms with Gasteiger partial charge in [0, 0.05) is 61.1 Å². The minimum Gasteiger partial charge on any atom is -0.491 e. The fraction of sp³-hybridized carbons (Fsp3) is 0.417. The normalized spacial score (nSPS) is 18.9. The number of thioether (sulfide) groups is 2. The number of aliphatic imine (C=N–C) groups is 1.